The predicted octanol–water partition coefficient (Wildman–Crippen LogP) is 3.73. The molecule has 3 rings (SSSR count). The van der Waals surface area contributed by atoms with Gasteiger partial charge in [-0.2, -0.15) is 0 Å². The molecule has 0 unspecified atom stereocenters. The van der Waals surface area contributed by atoms with Crippen LogP contribution >= 0.6 is 11.3 Å². The normalized spacial score (nSPS) is 13.9. The van der Waals surface area contributed by atoms with E-state index in [1.54, 1.807) is 6.07 Å². The Morgan fingerprint density at radius 1 is 1.25 bits per heavy atom. The lowest BCUT2D eigenvalue weighted by Gasteiger charge is -2.15. The van der Waals surface area contributed by atoms with Gasteiger partial charge in [-0.05, 0) is 44.2 Å². The maximum atomic E-state index is 12.6. The molecule has 0 bridgehead atoms. The summed E-state index contributed by atoms with van der Waals surface area (Å²) in [4.78, 5) is 36.5. The molecule has 1 aromatic carbocycles. The van der Waals surface area contributed by atoms with Gasteiger partial charge in [-0.25, -0.2) is 4.79 Å². The molecule has 1 N–H and O–H groups in total. The Labute approximate surface area is 165 Å². The van der Waals surface area contributed by atoms with Crippen LogP contribution in [0.25, 0.3) is 0 Å². The smallest absolute Gasteiger partial charge is 0.341 e. The van der Waals surface area contributed by atoms with Crippen LogP contribution in [0.15, 0.2) is 24.3 Å². The number of para-hydroxylation sites is 2. The highest BCUT2D eigenvalue weighted by Crippen LogP contribution is 2.38. The number of rotatable bonds is 6. The van der Waals surface area contributed by atoms with Crippen molar-refractivity contribution in [3.05, 3.63) is 50.4 Å². The number of benzene rings is 1. The average Bonchev–Trinajstić information content (AvgIpc) is 3.05. The number of carbonyl (C=O) groups excluding carboxylic acids is 2. The number of hydrogen-bond donors (Lipinski definition) is 1. The van der Waals surface area contributed by atoms with Crippen molar-refractivity contribution >= 4 is 33.9 Å². The fourth-order valence-corrected chi connectivity index (χ4v) is 4.42. The van der Waals surface area contributed by atoms with Crippen molar-refractivity contribution in [3.8, 4) is 5.75 Å². The van der Waals surface area contributed by atoms with Crippen molar-refractivity contribution < 1.29 is 24.0 Å². The van der Waals surface area contributed by atoms with E-state index in [1.807, 2.05) is 0 Å². The highest BCUT2D eigenvalue weighted by Gasteiger charge is 2.28. The van der Waals surface area contributed by atoms with E-state index in [4.69, 9.17) is 9.47 Å². The summed E-state index contributed by atoms with van der Waals surface area (Å²) in [5.41, 5.74) is 1.11. The molecule has 0 saturated carbocycles. The van der Waals surface area contributed by atoms with Crippen LogP contribution in [0, 0.1) is 10.1 Å². The third-order valence-corrected chi connectivity index (χ3v) is 5.74. The number of nitrogens with zero attached hydrogens (tertiary/aromatic N) is 1. The molecule has 2 aromatic rings. The number of hydrogen-bond acceptors (Lipinski definition) is 7. The van der Waals surface area contributed by atoms with Crippen molar-refractivity contribution in [2.45, 2.75) is 38.7 Å². The van der Waals surface area contributed by atoms with E-state index in [0.29, 0.717) is 10.6 Å². The van der Waals surface area contributed by atoms with Gasteiger partial charge in [0, 0.05) is 10.9 Å². The van der Waals surface area contributed by atoms with Gasteiger partial charge in [-0.3, -0.25) is 14.9 Å². The van der Waals surface area contributed by atoms with Gasteiger partial charge < -0.3 is 14.8 Å². The Kier molecular flexibility index (Phi) is 5.93. The fourth-order valence-electron chi connectivity index (χ4n) is 3.14. The zero-order valence-electron chi connectivity index (χ0n) is 15.5. The lowest BCUT2D eigenvalue weighted by molar-refractivity contribution is -0.386. The number of thiophene rings is 1. The van der Waals surface area contributed by atoms with E-state index in [0.717, 1.165) is 36.1 Å². The van der Waals surface area contributed by atoms with Gasteiger partial charge >= 0.3 is 11.7 Å². The molecule has 1 aromatic heterocycles. The molecule has 1 aliphatic carbocycles. The van der Waals surface area contributed by atoms with E-state index in [1.165, 1.54) is 43.6 Å². The fraction of sp³-hybridized carbons (Fsp3) is 0.368. The molecule has 0 radical (unpaired) electrons. The number of nitrogens with one attached hydrogen (secondary N) is 1. The average molecular weight is 404 g/mol. The Bertz CT molecular complexity index is 923. The molecule has 1 amide bonds. The maximum absolute atomic E-state index is 12.6. The predicted molar refractivity (Wildman–Crippen MR) is 104 cm³/mol. The monoisotopic (exact) mass is 404 g/mol. The first-order chi connectivity index (χ1) is 13.4. The second kappa shape index (κ2) is 8.39. The first-order valence-electron chi connectivity index (χ1n) is 8.86. The van der Waals surface area contributed by atoms with Gasteiger partial charge in [0.1, 0.15) is 5.00 Å². The Morgan fingerprint density at radius 3 is 2.68 bits per heavy atom. The van der Waals surface area contributed by atoms with Gasteiger partial charge in [0.25, 0.3) is 5.91 Å². The molecule has 9 heteroatoms. The van der Waals surface area contributed by atoms with E-state index < -0.39 is 22.9 Å². The minimum atomic E-state index is -0.995. The largest absolute Gasteiger partial charge is 0.474 e. The summed E-state index contributed by atoms with van der Waals surface area (Å²) >= 11 is 1.37. The topological polar surface area (TPSA) is 108 Å². The molecule has 0 fully saturated rings. The van der Waals surface area contributed by atoms with Crippen molar-refractivity contribution in [1.29, 1.82) is 0 Å². The van der Waals surface area contributed by atoms with Crippen molar-refractivity contribution in [3.63, 3.8) is 0 Å². The molecule has 0 spiro atoms. The van der Waals surface area contributed by atoms with E-state index in [2.05, 4.69) is 5.32 Å². The first-order valence-corrected chi connectivity index (χ1v) is 9.67. The number of nitro groups is 1. The van der Waals surface area contributed by atoms with Gasteiger partial charge in [-0.15, -0.1) is 11.3 Å². The van der Waals surface area contributed by atoms with Gasteiger partial charge in [-0.1, -0.05) is 12.1 Å². The minimum absolute atomic E-state index is 0.00816. The summed E-state index contributed by atoms with van der Waals surface area (Å²) in [6, 6.07) is 5.86. The number of nitro benzene ring substituents is 1. The van der Waals surface area contributed by atoms with E-state index in [-0.39, 0.29) is 11.4 Å². The van der Waals surface area contributed by atoms with Crippen molar-refractivity contribution in [2.75, 3.05) is 12.4 Å². The van der Waals surface area contributed by atoms with Crippen LogP contribution in [0.1, 0.15) is 40.6 Å². The van der Waals surface area contributed by atoms with Crippen LogP contribution in [-0.2, 0) is 22.4 Å². The summed E-state index contributed by atoms with van der Waals surface area (Å²) in [6.45, 7) is 1.50. The molecule has 0 aliphatic heterocycles. The third-order valence-electron chi connectivity index (χ3n) is 4.53. The second-order valence-electron chi connectivity index (χ2n) is 6.38. The molecule has 0 saturated heterocycles. The van der Waals surface area contributed by atoms with Crippen LogP contribution in [0.3, 0.4) is 0 Å². The second-order valence-corrected chi connectivity index (χ2v) is 7.49. The zero-order valence-corrected chi connectivity index (χ0v) is 16.3. The summed E-state index contributed by atoms with van der Waals surface area (Å²) in [6.07, 6.45) is 2.67. The molecule has 148 valence electrons. The number of esters is 1. The number of aryl methyl sites for hydroxylation is 1. The first kappa shape index (κ1) is 19.8. The summed E-state index contributed by atoms with van der Waals surface area (Å²) in [5, 5.41) is 14.3. The number of methoxy groups -OCH3 is 1. The molecule has 8 nitrogen and oxygen atoms in total. The Morgan fingerprint density at radius 2 is 1.96 bits per heavy atom. The van der Waals surface area contributed by atoms with Crippen LogP contribution in [0.2, 0.25) is 0 Å². The molecule has 1 atom stereocenters. The van der Waals surface area contributed by atoms with E-state index in [9.17, 15) is 19.7 Å². The molecule has 1 heterocycles. The summed E-state index contributed by atoms with van der Waals surface area (Å²) in [5.74, 6) is -0.974. The lowest BCUT2D eigenvalue weighted by atomic mass is 9.95. The van der Waals surface area contributed by atoms with Crippen LogP contribution in [0.5, 0.6) is 5.75 Å². The zero-order chi connectivity index (χ0) is 20.3. The Hall–Kier alpha value is -2.94. The lowest BCUT2D eigenvalue weighted by Crippen LogP contribution is -2.30. The molecule has 28 heavy (non-hydrogen) atoms. The van der Waals surface area contributed by atoms with Gasteiger partial charge in [0.2, 0.25) is 0 Å². The summed E-state index contributed by atoms with van der Waals surface area (Å²) in [7, 11) is 1.31. The van der Waals surface area contributed by atoms with Crippen LogP contribution in [0.4, 0.5) is 10.7 Å². The molecule has 1 aliphatic rings. The highest BCUT2D eigenvalue weighted by atomic mass is 32.1. The number of amides is 1. The summed E-state index contributed by atoms with van der Waals surface area (Å²) < 4.78 is 10.4. The van der Waals surface area contributed by atoms with E-state index >= 15 is 0 Å². The van der Waals surface area contributed by atoms with Crippen LogP contribution in [-0.4, -0.2) is 30.0 Å². The number of fused-ring (bicyclic) bond motifs is 1. The van der Waals surface area contributed by atoms with Crippen molar-refractivity contribution in [1.82, 2.24) is 0 Å². The van der Waals surface area contributed by atoms with Gasteiger partial charge in [0.05, 0.1) is 17.6 Å². The maximum Gasteiger partial charge on any atom is 0.341 e. The number of ether oxygens (including phenoxy) is 2. The standard InChI is InChI=1S/C19H20N2O6S/c1-11(27-14-9-5-4-8-13(14)21(24)25)17(22)20-18-16(19(23)26-2)12-7-3-6-10-15(12)28-18/h4-5,8-9,11H,3,6-7,10H2,1-2H3,(H,20,22)/t11-/m0/s1. The molecular formula is C19H20N2O6S. The third kappa shape index (κ3) is 3.99. The number of carbonyl (C=O) groups is 2. The highest BCUT2D eigenvalue weighted by molar-refractivity contribution is 7.17. The van der Waals surface area contributed by atoms with Crippen LogP contribution < -0.4 is 10.1 Å². The Balaban J connectivity index is 1.80. The minimum Gasteiger partial charge on any atom is -0.474 e. The van der Waals surface area contributed by atoms with Gasteiger partial charge in [0.15, 0.2) is 11.9 Å². The quantitative estimate of drug-likeness (QED) is 0.446. The number of anilines is 1. The van der Waals surface area contributed by atoms with Crippen molar-refractivity contribution in [2.24, 2.45) is 0 Å². The molecular weight excluding hydrogens is 384 g/mol. The SMILES string of the molecule is COC(=O)c1c(NC(=O)[C@H](C)Oc2ccccc2[N+](=O)[O-])sc2c1CCCC2.